The van der Waals surface area contributed by atoms with E-state index >= 15 is 0 Å². The number of thiocarbonyl (C=S) groups is 1. The van der Waals surface area contributed by atoms with Crippen molar-refractivity contribution in [1.29, 1.82) is 0 Å². The topological polar surface area (TPSA) is 35.5 Å². The summed E-state index contributed by atoms with van der Waals surface area (Å²) in [5, 5.41) is 13.1. The van der Waals surface area contributed by atoms with Gasteiger partial charge in [0, 0.05) is 18.8 Å². The summed E-state index contributed by atoms with van der Waals surface area (Å²) in [6.07, 6.45) is 1.20. The van der Waals surface area contributed by atoms with Gasteiger partial charge in [-0.3, -0.25) is 0 Å². The van der Waals surface area contributed by atoms with Gasteiger partial charge in [0.15, 0.2) is 5.11 Å². The molecular formula is C12H14ClFN2OS. The smallest absolute Gasteiger partial charge is 0.173 e. The molecule has 0 spiro atoms. The van der Waals surface area contributed by atoms with Crippen LogP contribution in [-0.4, -0.2) is 34.3 Å². The van der Waals surface area contributed by atoms with E-state index < -0.39 is 5.82 Å². The van der Waals surface area contributed by atoms with Gasteiger partial charge < -0.3 is 15.3 Å². The molecule has 1 aliphatic heterocycles. The van der Waals surface area contributed by atoms with E-state index in [4.69, 9.17) is 23.8 Å². The lowest BCUT2D eigenvalue weighted by atomic mass is 10.1. The maximum atomic E-state index is 13.0. The lowest BCUT2D eigenvalue weighted by molar-refractivity contribution is 0.110. The van der Waals surface area contributed by atoms with Crippen molar-refractivity contribution in [1.82, 2.24) is 4.90 Å². The van der Waals surface area contributed by atoms with Gasteiger partial charge in [0.25, 0.3) is 0 Å². The zero-order chi connectivity index (χ0) is 13.1. The van der Waals surface area contributed by atoms with E-state index in [-0.39, 0.29) is 11.1 Å². The Labute approximate surface area is 116 Å². The highest BCUT2D eigenvalue weighted by Gasteiger charge is 2.19. The molecule has 1 aromatic rings. The highest BCUT2D eigenvalue weighted by Crippen LogP contribution is 2.20. The lowest BCUT2D eigenvalue weighted by Gasteiger charge is -2.31. The minimum atomic E-state index is -0.450. The van der Waals surface area contributed by atoms with Crippen molar-refractivity contribution >= 4 is 34.6 Å². The maximum Gasteiger partial charge on any atom is 0.173 e. The number of benzene rings is 1. The summed E-state index contributed by atoms with van der Waals surface area (Å²) in [4.78, 5) is 1.99. The Hall–Kier alpha value is -0.910. The summed E-state index contributed by atoms with van der Waals surface area (Å²) >= 11 is 11.0. The summed E-state index contributed by atoms with van der Waals surface area (Å²) < 4.78 is 13.0. The summed E-state index contributed by atoms with van der Waals surface area (Å²) in [6.45, 7) is 1.45. The number of aliphatic hydroxyl groups is 1. The van der Waals surface area contributed by atoms with Crippen molar-refractivity contribution in [3.8, 4) is 0 Å². The molecule has 0 saturated carbocycles. The molecule has 0 unspecified atom stereocenters. The molecular weight excluding hydrogens is 275 g/mol. The number of piperidine rings is 1. The average molecular weight is 289 g/mol. The van der Waals surface area contributed by atoms with E-state index in [1.807, 2.05) is 4.90 Å². The van der Waals surface area contributed by atoms with Gasteiger partial charge in [-0.25, -0.2) is 4.39 Å². The zero-order valence-electron chi connectivity index (χ0n) is 9.70. The minimum absolute atomic E-state index is 0.0665. The normalized spacial score (nSPS) is 16.7. The number of aliphatic hydroxyl groups excluding tert-OH is 1. The van der Waals surface area contributed by atoms with Crippen molar-refractivity contribution in [3.63, 3.8) is 0 Å². The summed E-state index contributed by atoms with van der Waals surface area (Å²) in [5.74, 6) is -0.450. The molecule has 0 aliphatic carbocycles. The van der Waals surface area contributed by atoms with Crippen LogP contribution in [0.1, 0.15) is 12.8 Å². The number of hydrogen-bond donors (Lipinski definition) is 2. The van der Waals surface area contributed by atoms with Crippen LogP contribution < -0.4 is 5.32 Å². The monoisotopic (exact) mass is 288 g/mol. The van der Waals surface area contributed by atoms with Crippen LogP contribution in [0.2, 0.25) is 5.02 Å². The van der Waals surface area contributed by atoms with Crippen molar-refractivity contribution in [2.24, 2.45) is 0 Å². The van der Waals surface area contributed by atoms with Crippen molar-refractivity contribution in [2.75, 3.05) is 18.4 Å². The Morgan fingerprint density at radius 2 is 2.11 bits per heavy atom. The molecule has 2 rings (SSSR count). The van der Waals surface area contributed by atoms with Crippen LogP contribution in [0.25, 0.3) is 0 Å². The number of hydrogen-bond acceptors (Lipinski definition) is 2. The summed E-state index contributed by atoms with van der Waals surface area (Å²) in [7, 11) is 0. The molecule has 6 heteroatoms. The van der Waals surface area contributed by atoms with Gasteiger partial charge in [-0.2, -0.15) is 0 Å². The number of likely N-dealkylation sites (tertiary alicyclic amines) is 1. The van der Waals surface area contributed by atoms with Gasteiger partial charge >= 0.3 is 0 Å². The molecule has 1 heterocycles. The molecule has 1 aromatic carbocycles. The van der Waals surface area contributed by atoms with E-state index in [0.29, 0.717) is 23.6 Å². The van der Waals surface area contributed by atoms with Gasteiger partial charge in [-0.15, -0.1) is 0 Å². The number of nitrogens with one attached hydrogen (secondary N) is 1. The number of halogens is 2. The van der Waals surface area contributed by atoms with E-state index in [2.05, 4.69) is 5.32 Å². The maximum absolute atomic E-state index is 13.0. The van der Waals surface area contributed by atoms with E-state index in [0.717, 1.165) is 13.1 Å². The van der Waals surface area contributed by atoms with E-state index in [9.17, 15) is 9.50 Å². The lowest BCUT2D eigenvalue weighted by Crippen LogP contribution is -2.42. The van der Waals surface area contributed by atoms with Crippen LogP contribution >= 0.6 is 23.8 Å². The fraction of sp³-hybridized carbons (Fsp3) is 0.417. The Morgan fingerprint density at radius 3 is 2.72 bits per heavy atom. The molecule has 0 aromatic heterocycles. The van der Waals surface area contributed by atoms with E-state index in [1.54, 1.807) is 6.07 Å². The first-order chi connectivity index (χ1) is 8.56. The standard InChI is InChI=1S/C12H14ClFN2OS/c13-10-7-8(1-2-11(10)14)15-12(18)16-5-3-9(17)4-6-16/h1-2,7,9,17H,3-6H2,(H,15,18). The number of rotatable bonds is 1. The molecule has 0 atom stereocenters. The Morgan fingerprint density at radius 1 is 1.44 bits per heavy atom. The second-order valence-corrected chi connectivity index (χ2v) is 5.07. The third-order valence-electron chi connectivity index (χ3n) is 2.92. The molecule has 1 aliphatic rings. The average Bonchev–Trinajstić information content (AvgIpc) is 2.34. The molecule has 0 amide bonds. The van der Waals surface area contributed by atoms with Crippen LogP contribution in [0.5, 0.6) is 0 Å². The highest BCUT2D eigenvalue weighted by molar-refractivity contribution is 7.80. The molecule has 0 bridgehead atoms. The molecule has 1 fully saturated rings. The van der Waals surface area contributed by atoms with Gasteiger partial charge in [-0.05, 0) is 43.3 Å². The van der Waals surface area contributed by atoms with Gasteiger partial charge in [-0.1, -0.05) is 11.6 Å². The SMILES string of the molecule is OC1CCN(C(=S)Nc2ccc(F)c(Cl)c2)CC1. The Balaban J connectivity index is 1.96. The fourth-order valence-corrected chi connectivity index (χ4v) is 2.33. The molecule has 3 nitrogen and oxygen atoms in total. The second-order valence-electron chi connectivity index (χ2n) is 4.28. The van der Waals surface area contributed by atoms with Gasteiger partial charge in [0.1, 0.15) is 5.82 Å². The molecule has 18 heavy (non-hydrogen) atoms. The van der Waals surface area contributed by atoms with Crippen LogP contribution in [0.15, 0.2) is 18.2 Å². The van der Waals surface area contributed by atoms with Gasteiger partial charge in [0.05, 0.1) is 11.1 Å². The quantitative estimate of drug-likeness (QED) is 0.779. The number of anilines is 1. The molecule has 0 radical (unpaired) electrons. The first-order valence-electron chi connectivity index (χ1n) is 5.75. The first kappa shape index (κ1) is 13.5. The van der Waals surface area contributed by atoms with Crippen molar-refractivity contribution in [3.05, 3.63) is 29.0 Å². The van der Waals surface area contributed by atoms with Crippen LogP contribution in [0, 0.1) is 5.82 Å². The summed E-state index contributed by atoms with van der Waals surface area (Å²) in [6, 6.07) is 4.39. The summed E-state index contributed by atoms with van der Waals surface area (Å²) in [5.41, 5.74) is 0.664. The van der Waals surface area contributed by atoms with Crippen molar-refractivity contribution in [2.45, 2.75) is 18.9 Å². The predicted octanol–water partition coefficient (Wildman–Crippen LogP) is 2.63. The molecule has 1 saturated heterocycles. The predicted molar refractivity (Wildman–Crippen MR) is 74.4 cm³/mol. The van der Waals surface area contributed by atoms with Crippen molar-refractivity contribution < 1.29 is 9.50 Å². The van der Waals surface area contributed by atoms with Gasteiger partial charge in [0.2, 0.25) is 0 Å². The molecule has 2 N–H and O–H groups in total. The second kappa shape index (κ2) is 5.82. The Bertz CT molecular complexity index is 450. The molecule has 98 valence electrons. The minimum Gasteiger partial charge on any atom is -0.393 e. The Kier molecular flexibility index (Phi) is 4.37. The first-order valence-corrected chi connectivity index (χ1v) is 6.54. The van der Waals surface area contributed by atoms with Crippen LogP contribution in [0.3, 0.4) is 0 Å². The largest absolute Gasteiger partial charge is 0.393 e. The highest BCUT2D eigenvalue weighted by atomic mass is 35.5. The van der Waals surface area contributed by atoms with Crippen LogP contribution in [0.4, 0.5) is 10.1 Å². The third-order valence-corrected chi connectivity index (χ3v) is 3.57. The number of nitrogens with zero attached hydrogens (tertiary/aromatic N) is 1. The third kappa shape index (κ3) is 3.31. The zero-order valence-corrected chi connectivity index (χ0v) is 11.3. The van der Waals surface area contributed by atoms with E-state index in [1.165, 1.54) is 12.1 Å². The fourth-order valence-electron chi connectivity index (χ4n) is 1.85. The van der Waals surface area contributed by atoms with Crippen LogP contribution in [-0.2, 0) is 0 Å².